The molecule has 1 fully saturated rings. The van der Waals surface area contributed by atoms with Gasteiger partial charge in [0, 0.05) is 24.7 Å². The number of pyridine rings is 1. The summed E-state index contributed by atoms with van der Waals surface area (Å²) in [7, 11) is 0. The number of fused-ring (bicyclic) bond motifs is 1. The van der Waals surface area contributed by atoms with Crippen molar-refractivity contribution in [2.75, 3.05) is 19.6 Å². The van der Waals surface area contributed by atoms with Gasteiger partial charge >= 0.3 is 0 Å². The predicted octanol–water partition coefficient (Wildman–Crippen LogP) is 4.84. The zero-order valence-electron chi connectivity index (χ0n) is 19.2. The summed E-state index contributed by atoms with van der Waals surface area (Å²) < 4.78 is 2.02. The summed E-state index contributed by atoms with van der Waals surface area (Å²) in [5, 5.41) is 0. The second-order valence-corrected chi connectivity index (χ2v) is 8.98. The molecule has 0 aromatic carbocycles. The molecule has 5 nitrogen and oxygen atoms in total. The summed E-state index contributed by atoms with van der Waals surface area (Å²) in [6.07, 6.45) is 15.9. The molecular formula is C26H34N4O. The van der Waals surface area contributed by atoms with Gasteiger partial charge in [-0.1, -0.05) is 19.1 Å². The highest BCUT2D eigenvalue weighted by molar-refractivity contribution is 5.96. The second-order valence-electron chi connectivity index (χ2n) is 8.98. The highest BCUT2D eigenvalue weighted by atomic mass is 16.2. The number of nitrogens with zero attached hydrogens (tertiary/aromatic N) is 4. The highest BCUT2D eigenvalue weighted by Gasteiger charge is 2.25. The number of likely N-dealkylation sites (tertiary alicyclic amines) is 1. The van der Waals surface area contributed by atoms with Crippen LogP contribution in [0.1, 0.15) is 51.3 Å². The third-order valence-corrected chi connectivity index (χ3v) is 6.51. The van der Waals surface area contributed by atoms with Crippen LogP contribution in [0, 0.1) is 12.8 Å². The van der Waals surface area contributed by atoms with E-state index in [-0.39, 0.29) is 11.9 Å². The molecule has 1 unspecified atom stereocenters. The maximum Gasteiger partial charge on any atom is 0.251 e. The fraction of sp³-hybridized carbons (Fsp3) is 0.462. The number of allylic oxidation sites excluding steroid dienone is 3. The van der Waals surface area contributed by atoms with E-state index in [2.05, 4.69) is 42.1 Å². The van der Waals surface area contributed by atoms with Crippen LogP contribution in [0.3, 0.4) is 0 Å². The van der Waals surface area contributed by atoms with Crippen LogP contribution in [0.4, 0.5) is 0 Å². The molecule has 2 aromatic heterocycles. The minimum absolute atomic E-state index is 0.0391. The van der Waals surface area contributed by atoms with E-state index in [1.807, 2.05) is 47.7 Å². The minimum atomic E-state index is 0.0391. The lowest BCUT2D eigenvalue weighted by atomic mass is 9.87. The molecule has 0 N–H and O–H groups in total. The Labute approximate surface area is 185 Å². The largest absolute Gasteiger partial charge is 0.309 e. The number of carbonyl (C=O) groups excluding carboxylic acids is 1. The maximum atomic E-state index is 13.2. The van der Waals surface area contributed by atoms with Crippen LogP contribution >= 0.6 is 0 Å². The van der Waals surface area contributed by atoms with Gasteiger partial charge in [0.15, 0.2) is 0 Å². The van der Waals surface area contributed by atoms with Crippen molar-refractivity contribution in [1.29, 1.82) is 0 Å². The van der Waals surface area contributed by atoms with Gasteiger partial charge in [0.1, 0.15) is 5.65 Å². The molecule has 0 radical (unpaired) electrons. The van der Waals surface area contributed by atoms with Crippen molar-refractivity contribution < 1.29 is 4.79 Å². The summed E-state index contributed by atoms with van der Waals surface area (Å²) in [5.74, 6) is 0.585. The lowest BCUT2D eigenvalue weighted by molar-refractivity contribution is -0.124. The minimum Gasteiger partial charge on any atom is -0.309 e. The SMILES string of the molecule is CCCN1CCC(C2=CN(C(=O)/C=C(\C)c3ccc4nc(C)cn4c3)C(C)C=C2)CC1. The van der Waals surface area contributed by atoms with Crippen molar-refractivity contribution in [2.45, 2.75) is 53.0 Å². The van der Waals surface area contributed by atoms with E-state index in [1.165, 1.54) is 31.4 Å². The molecule has 4 heterocycles. The Bertz CT molecular complexity index is 1040. The highest BCUT2D eigenvalue weighted by Crippen LogP contribution is 2.29. The number of hydrogen-bond donors (Lipinski definition) is 0. The zero-order valence-corrected chi connectivity index (χ0v) is 19.2. The molecule has 31 heavy (non-hydrogen) atoms. The van der Waals surface area contributed by atoms with E-state index >= 15 is 0 Å². The fourth-order valence-corrected chi connectivity index (χ4v) is 4.67. The van der Waals surface area contributed by atoms with Gasteiger partial charge in [-0.3, -0.25) is 4.79 Å². The Morgan fingerprint density at radius 2 is 2.00 bits per heavy atom. The molecule has 0 aliphatic carbocycles. The molecule has 4 rings (SSSR count). The number of rotatable bonds is 5. The van der Waals surface area contributed by atoms with Gasteiger partial charge in [-0.25, -0.2) is 4.98 Å². The van der Waals surface area contributed by atoms with Gasteiger partial charge in [-0.05, 0) is 94.4 Å². The number of aromatic nitrogens is 2. The van der Waals surface area contributed by atoms with Gasteiger partial charge < -0.3 is 14.2 Å². The first-order valence-electron chi connectivity index (χ1n) is 11.5. The van der Waals surface area contributed by atoms with E-state index in [9.17, 15) is 4.79 Å². The first-order valence-corrected chi connectivity index (χ1v) is 11.5. The monoisotopic (exact) mass is 418 g/mol. The smallest absolute Gasteiger partial charge is 0.251 e. The van der Waals surface area contributed by atoms with Crippen molar-refractivity contribution in [3.05, 3.63) is 65.8 Å². The van der Waals surface area contributed by atoms with Gasteiger partial charge in [-0.2, -0.15) is 0 Å². The molecule has 0 bridgehead atoms. The maximum absolute atomic E-state index is 13.2. The van der Waals surface area contributed by atoms with E-state index in [1.54, 1.807) is 6.08 Å². The van der Waals surface area contributed by atoms with Gasteiger partial charge in [0.05, 0.1) is 11.7 Å². The molecule has 164 valence electrons. The number of carbonyl (C=O) groups is 1. The van der Waals surface area contributed by atoms with Crippen molar-refractivity contribution in [3.8, 4) is 0 Å². The predicted molar refractivity (Wildman–Crippen MR) is 127 cm³/mol. The van der Waals surface area contributed by atoms with Crippen LogP contribution in [0.15, 0.2) is 54.5 Å². The number of hydrogen-bond acceptors (Lipinski definition) is 3. The van der Waals surface area contributed by atoms with E-state index in [0.717, 1.165) is 35.6 Å². The molecule has 2 aliphatic heterocycles. The molecule has 1 atom stereocenters. The van der Waals surface area contributed by atoms with Gasteiger partial charge in [0.2, 0.25) is 0 Å². The Kier molecular flexibility index (Phi) is 6.42. The topological polar surface area (TPSA) is 40.8 Å². The summed E-state index contributed by atoms with van der Waals surface area (Å²) in [5.41, 5.74) is 5.20. The van der Waals surface area contributed by atoms with Gasteiger partial charge in [-0.15, -0.1) is 0 Å². The molecule has 1 amide bonds. The van der Waals surface area contributed by atoms with E-state index in [0.29, 0.717) is 5.92 Å². The number of piperidine rings is 1. The first kappa shape index (κ1) is 21.6. The summed E-state index contributed by atoms with van der Waals surface area (Å²) >= 11 is 0. The van der Waals surface area contributed by atoms with Crippen LogP contribution in [-0.4, -0.2) is 50.8 Å². The fourth-order valence-electron chi connectivity index (χ4n) is 4.67. The average molecular weight is 419 g/mol. The second kappa shape index (κ2) is 9.23. The summed E-state index contributed by atoms with van der Waals surface area (Å²) in [4.78, 5) is 22.1. The van der Waals surface area contributed by atoms with Crippen LogP contribution < -0.4 is 0 Å². The third-order valence-electron chi connectivity index (χ3n) is 6.51. The Morgan fingerprint density at radius 3 is 2.74 bits per heavy atom. The van der Waals surface area contributed by atoms with Crippen LogP contribution in [0.2, 0.25) is 0 Å². The van der Waals surface area contributed by atoms with E-state index in [4.69, 9.17) is 0 Å². The average Bonchev–Trinajstić information content (AvgIpc) is 3.14. The Morgan fingerprint density at radius 1 is 1.23 bits per heavy atom. The lowest BCUT2D eigenvalue weighted by Crippen LogP contribution is -2.37. The van der Waals surface area contributed by atoms with Crippen molar-refractivity contribution in [1.82, 2.24) is 19.2 Å². The van der Waals surface area contributed by atoms with Crippen molar-refractivity contribution in [2.24, 2.45) is 5.92 Å². The number of imidazole rings is 1. The van der Waals surface area contributed by atoms with Crippen molar-refractivity contribution >= 4 is 17.1 Å². The van der Waals surface area contributed by atoms with E-state index < -0.39 is 0 Å². The van der Waals surface area contributed by atoms with Crippen LogP contribution in [0.5, 0.6) is 0 Å². The van der Waals surface area contributed by atoms with Crippen molar-refractivity contribution in [3.63, 3.8) is 0 Å². The normalized spacial score (nSPS) is 21.0. The quantitative estimate of drug-likeness (QED) is 0.653. The third kappa shape index (κ3) is 4.82. The molecule has 0 saturated carbocycles. The standard InChI is InChI=1S/C26H34N4O/c1-5-12-28-13-10-22(11-14-28)24-7-6-21(4)30(18-24)26(31)15-19(2)23-8-9-25-27-20(3)16-29(25)17-23/h6-9,15-18,21-22H,5,10-14H2,1-4H3/b19-15+. The van der Waals surface area contributed by atoms with Gasteiger partial charge in [0.25, 0.3) is 5.91 Å². The number of amides is 1. The van der Waals surface area contributed by atoms with Crippen LogP contribution in [-0.2, 0) is 4.79 Å². The molecule has 2 aliphatic rings. The molecule has 1 saturated heterocycles. The zero-order chi connectivity index (χ0) is 22.0. The summed E-state index contributed by atoms with van der Waals surface area (Å²) in [6.45, 7) is 11.8. The summed E-state index contributed by atoms with van der Waals surface area (Å²) in [6, 6.07) is 4.10. The Balaban J connectivity index is 1.49. The van der Waals surface area contributed by atoms with Crippen LogP contribution in [0.25, 0.3) is 11.2 Å². The lowest BCUT2D eigenvalue weighted by Gasteiger charge is -2.35. The molecular weight excluding hydrogens is 384 g/mol. The first-order chi connectivity index (χ1) is 14.9. The molecule has 0 spiro atoms. The number of aryl methyl sites for hydroxylation is 1. The Hall–Kier alpha value is -2.66. The molecule has 2 aromatic rings. The molecule has 5 heteroatoms.